The first-order chi connectivity index (χ1) is 9.58. The number of aromatic nitrogens is 3. The molecule has 0 bridgehead atoms. The van der Waals surface area contributed by atoms with Crippen molar-refractivity contribution in [1.82, 2.24) is 19.7 Å². The number of H-pyrrole nitrogens is 1. The third kappa shape index (κ3) is 3.47. The van der Waals surface area contributed by atoms with Crippen LogP contribution in [-0.4, -0.2) is 32.8 Å². The van der Waals surface area contributed by atoms with Crippen molar-refractivity contribution in [3.05, 3.63) is 23.8 Å². The third-order valence-corrected chi connectivity index (χ3v) is 3.39. The van der Waals surface area contributed by atoms with Gasteiger partial charge in [0.2, 0.25) is 0 Å². The van der Waals surface area contributed by atoms with E-state index in [1.807, 2.05) is 13.8 Å². The highest BCUT2D eigenvalue weighted by Gasteiger charge is 2.19. The summed E-state index contributed by atoms with van der Waals surface area (Å²) in [5, 5.41) is 6.69. The number of carbonyl (C=O) groups excluding carboxylic acids is 1. The molecule has 8 heteroatoms. The second kappa shape index (κ2) is 6.38. The highest BCUT2D eigenvalue weighted by Crippen LogP contribution is 2.26. The summed E-state index contributed by atoms with van der Waals surface area (Å²) < 4.78 is 4.03. The Morgan fingerprint density at radius 2 is 2.35 bits per heavy atom. The van der Waals surface area contributed by atoms with E-state index in [0.29, 0.717) is 17.1 Å². The van der Waals surface area contributed by atoms with Crippen LogP contribution in [0.2, 0.25) is 0 Å². The van der Waals surface area contributed by atoms with E-state index in [1.165, 1.54) is 11.5 Å². The SMILES string of the molecule is CC(C)NC(=O)c1c(N)nsc1NCCc1ncc[nH]1. The molecule has 2 aromatic rings. The molecule has 0 aliphatic heterocycles. The number of hydrogen-bond acceptors (Lipinski definition) is 6. The minimum Gasteiger partial charge on any atom is -0.382 e. The van der Waals surface area contributed by atoms with Gasteiger partial charge in [-0.05, 0) is 25.4 Å². The number of imidazole rings is 1. The van der Waals surface area contributed by atoms with Crippen LogP contribution in [0.3, 0.4) is 0 Å². The van der Waals surface area contributed by atoms with Crippen LogP contribution in [-0.2, 0) is 6.42 Å². The molecule has 2 aromatic heterocycles. The Morgan fingerprint density at radius 1 is 1.55 bits per heavy atom. The zero-order valence-electron chi connectivity index (χ0n) is 11.4. The molecule has 0 aliphatic carbocycles. The lowest BCUT2D eigenvalue weighted by atomic mass is 10.2. The van der Waals surface area contributed by atoms with E-state index in [2.05, 4.69) is 25.0 Å². The van der Waals surface area contributed by atoms with E-state index < -0.39 is 0 Å². The molecule has 0 saturated heterocycles. The predicted molar refractivity (Wildman–Crippen MR) is 79.9 cm³/mol. The lowest BCUT2D eigenvalue weighted by molar-refractivity contribution is 0.0945. The molecule has 0 aliphatic rings. The zero-order chi connectivity index (χ0) is 14.5. The van der Waals surface area contributed by atoms with Gasteiger partial charge in [0.25, 0.3) is 5.91 Å². The molecule has 1 amide bonds. The second-order valence-corrected chi connectivity index (χ2v) is 5.39. The maximum atomic E-state index is 12.1. The first kappa shape index (κ1) is 14.3. The zero-order valence-corrected chi connectivity index (χ0v) is 12.3. The molecule has 20 heavy (non-hydrogen) atoms. The van der Waals surface area contributed by atoms with Gasteiger partial charge in [-0.3, -0.25) is 4.79 Å². The molecule has 5 N–H and O–H groups in total. The van der Waals surface area contributed by atoms with Gasteiger partial charge in [0.05, 0.1) is 0 Å². The maximum absolute atomic E-state index is 12.1. The van der Waals surface area contributed by atoms with E-state index in [-0.39, 0.29) is 17.8 Å². The smallest absolute Gasteiger partial charge is 0.258 e. The quantitative estimate of drug-likeness (QED) is 0.641. The summed E-state index contributed by atoms with van der Waals surface area (Å²) in [6.45, 7) is 4.45. The van der Waals surface area contributed by atoms with Crippen LogP contribution in [0, 0.1) is 0 Å². The highest BCUT2D eigenvalue weighted by atomic mass is 32.1. The molecule has 2 rings (SSSR count). The number of amides is 1. The van der Waals surface area contributed by atoms with Gasteiger partial charge >= 0.3 is 0 Å². The molecular weight excluding hydrogens is 276 g/mol. The summed E-state index contributed by atoms with van der Waals surface area (Å²) in [5.41, 5.74) is 6.18. The van der Waals surface area contributed by atoms with Crippen molar-refractivity contribution < 1.29 is 4.79 Å². The van der Waals surface area contributed by atoms with Crippen molar-refractivity contribution in [3.63, 3.8) is 0 Å². The number of hydrogen-bond donors (Lipinski definition) is 4. The molecule has 0 unspecified atom stereocenters. The molecule has 0 aromatic carbocycles. The van der Waals surface area contributed by atoms with Crippen LogP contribution in [0.25, 0.3) is 0 Å². The normalized spacial score (nSPS) is 10.8. The second-order valence-electron chi connectivity index (χ2n) is 4.61. The molecule has 0 atom stereocenters. The summed E-state index contributed by atoms with van der Waals surface area (Å²) in [6.07, 6.45) is 4.22. The van der Waals surface area contributed by atoms with Gasteiger partial charge in [-0.1, -0.05) is 0 Å². The largest absolute Gasteiger partial charge is 0.382 e. The summed E-state index contributed by atoms with van der Waals surface area (Å²) in [5.74, 6) is 0.948. The van der Waals surface area contributed by atoms with E-state index in [4.69, 9.17) is 5.73 Å². The first-order valence-corrected chi connectivity index (χ1v) is 7.13. The molecule has 0 spiro atoms. The number of carbonyl (C=O) groups is 1. The van der Waals surface area contributed by atoms with Crippen LogP contribution in [0.1, 0.15) is 30.0 Å². The van der Waals surface area contributed by atoms with Crippen LogP contribution in [0.4, 0.5) is 10.8 Å². The first-order valence-electron chi connectivity index (χ1n) is 6.36. The van der Waals surface area contributed by atoms with E-state index in [9.17, 15) is 4.79 Å². The van der Waals surface area contributed by atoms with Crippen LogP contribution in [0.5, 0.6) is 0 Å². The number of nitrogen functional groups attached to an aromatic ring is 1. The standard InChI is InChI=1S/C12H18N6OS/c1-7(2)17-11(19)9-10(13)18-20-12(9)16-4-3-8-14-5-6-15-8/h5-7,16H,3-4H2,1-2H3,(H2,13,18)(H,14,15)(H,17,19). The molecule has 0 fully saturated rings. The Labute approximate surface area is 121 Å². The van der Waals surface area contributed by atoms with Crippen molar-refractivity contribution in [2.24, 2.45) is 0 Å². The fourth-order valence-electron chi connectivity index (χ4n) is 1.71. The maximum Gasteiger partial charge on any atom is 0.258 e. The lowest BCUT2D eigenvalue weighted by Gasteiger charge is -2.10. The van der Waals surface area contributed by atoms with Crippen molar-refractivity contribution in [2.45, 2.75) is 26.3 Å². The Hall–Kier alpha value is -2.09. The summed E-state index contributed by atoms with van der Waals surface area (Å²) in [6, 6.07) is 0.0535. The number of nitrogens with zero attached hydrogens (tertiary/aromatic N) is 2. The number of rotatable bonds is 6. The van der Waals surface area contributed by atoms with Gasteiger partial charge in [-0.2, -0.15) is 4.37 Å². The van der Waals surface area contributed by atoms with Crippen LogP contribution in [0.15, 0.2) is 12.4 Å². The number of aromatic amines is 1. The van der Waals surface area contributed by atoms with E-state index >= 15 is 0 Å². The van der Waals surface area contributed by atoms with Crippen molar-refractivity contribution in [3.8, 4) is 0 Å². The lowest BCUT2D eigenvalue weighted by Crippen LogP contribution is -2.31. The highest BCUT2D eigenvalue weighted by molar-refractivity contribution is 7.11. The minimum atomic E-state index is -0.202. The molecule has 0 radical (unpaired) electrons. The van der Waals surface area contributed by atoms with Gasteiger partial charge < -0.3 is 21.4 Å². The molecule has 108 valence electrons. The summed E-state index contributed by atoms with van der Waals surface area (Å²) >= 11 is 1.19. The van der Waals surface area contributed by atoms with E-state index in [1.54, 1.807) is 12.4 Å². The topological polar surface area (TPSA) is 109 Å². The Morgan fingerprint density at radius 3 is 3.00 bits per heavy atom. The van der Waals surface area contributed by atoms with Gasteiger partial charge in [0.1, 0.15) is 16.4 Å². The number of nitrogens with one attached hydrogen (secondary N) is 3. The van der Waals surface area contributed by atoms with Crippen molar-refractivity contribution in [1.29, 1.82) is 0 Å². The van der Waals surface area contributed by atoms with Gasteiger partial charge in [0.15, 0.2) is 5.82 Å². The average molecular weight is 294 g/mol. The van der Waals surface area contributed by atoms with Crippen molar-refractivity contribution >= 4 is 28.3 Å². The van der Waals surface area contributed by atoms with Crippen molar-refractivity contribution in [2.75, 3.05) is 17.6 Å². The van der Waals surface area contributed by atoms with E-state index in [0.717, 1.165) is 12.2 Å². The summed E-state index contributed by atoms with van der Waals surface area (Å²) in [4.78, 5) is 19.2. The minimum absolute atomic E-state index is 0.0535. The summed E-state index contributed by atoms with van der Waals surface area (Å²) in [7, 11) is 0. The Balaban J connectivity index is 1.99. The predicted octanol–water partition coefficient (Wildman–Crippen LogP) is 1.24. The van der Waals surface area contributed by atoms with Crippen LogP contribution < -0.4 is 16.4 Å². The molecule has 0 saturated carbocycles. The van der Waals surface area contributed by atoms with Gasteiger partial charge in [-0.15, -0.1) is 0 Å². The number of anilines is 2. The molecule has 2 heterocycles. The molecule has 7 nitrogen and oxygen atoms in total. The third-order valence-electron chi connectivity index (χ3n) is 2.57. The average Bonchev–Trinajstić information content (AvgIpc) is 2.98. The van der Waals surface area contributed by atoms with Crippen LogP contribution >= 0.6 is 11.5 Å². The fourth-order valence-corrected chi connectivity index (χ4v) is 2.44. The fraction of sp³-hybridized carbons (Fsp3) is 0.417. The van der Waals surface area contributed by atoms with Gasteiger partial charge in [0, 0.05) is 31.4 Å². The number of nitrogens with two attached hydrogens (primary N) is 1. The Bertz CT molecular complexity index is 563. The molecular formula is C12H18N6OS. The Kier molecular flexibility index (Phi) is 4.57. The monoisotopic (exact) mass is 294 g/mol. The van der Waals surface area contributed by atoms with Gasteiger partial charge in [-0.25, -0.2) is 4.98 Å².